The summed E-state index contributed by atoms with van der Waals surface area (Å²) in [6, 6.07) is 2.81. The molecule has 20 heavy (non-hydrogen) atoms. The van der Waals surface area contributed by atoms with Crippen molar-refractivity contribution >= 4 is 21.6 Å². The van der Waals surface area contributed by atoms with E-state index in [1.54, 1.807) is 0 Å². The topological polar surface area (TPSA) is 63.4 Å². The number of aromatic hydroxyl groups is 1. The van der Waals surface area contributed by atoms with Crippen LogP contribution in [0.25, 0.3) is 0 Å². The Labute approximate surface area is 128 Å². The molecule has 0 unspecified atom stereocenters. The van der Waals surface area contributed by atoms with E-state index < -0.39 is 4.92 Å². The van der Waals surface area contributed by atoms with Gasteiger partial charge in [-0.15, -0.1) is 0 Å². The first-order valence-corrected chi connectivity index (χ1v) is 8.01. The molecule has 0 spiro atoms. The van der Waals surface area contributed by atoms with Crippen molar-refractivity contribution in [3.63, 3.8) is 0 Å². The molecular formula is C15H22BrNO3. The maximum absolute atomic E-state index is 10.8. The molecule has 0 aliphatic heterocycles. The van der Waals surface area contributed by atoms with Crippen molar-refractivity contribution < 1.29 is 10.0 Å². The van der Waals surface area contributed by atoms with Gasteiger partial charge in [0.25, 0.3) is 5.69 Å². The zero-order valence-electron chi connectivity index (χ0n) is 11.9. The fraction of sp³-hybridized carbons (Fsp3) is 0.600. The van der Waals surface area contributed by atoms with Gasteiger partial charge >= 0.3 is 0 Å². The highest BCUT2D eigenvalue weighted by atomic mass is 79.9. The number of nitrogens with zero attached hydrogens (tertiary/aromatic N) is 1. The molecule has 1 aromatic carbocycles. The summed E-state index contributed by atoms with van der Waals surface area (Å²) in [5, 5.41) is 20.7. The van der Waals surface area contributed by atoms with Crippen LogP contribution in [-0.2, 0) is 6.42 Å². The van der Waals surface area contributed by atoms with Gasteiger partial charge in [-0.3, -0.25) is 10.1 Å². The Bertz CT molecular complexity index is 449. The molecule has 0 atom stereocenters. The van der Waals surface area contributed by atoms with Gasteiger partial charge in [-0.2, -0.15) is 0 Å². The van der Waals surface area contributed by atoms with Crippen molar-refractivity contribution in [1.29, 1.82) is 0 Å². The molecule has 0 bridgehead atoms. The number of hydrogen-bond acceptors (Lipinski definition) is 3. The lowest BCUT2D eigenvalue weighted by molar-refractivity contribution is -0.385. The third-order valence-corrected chi connectivity index (χ3v) is 3.99. The minimum Gasteiger partial charge on any atom is -0.506 e. The average molecular weight is 344 g/mol. The summed E-state index contributed by atoms with van der Waals surface area (Å²) < 4.78 is 0.393. The second-order valence-electron chi connectivity index (χ2n) is 5.06. The molecule has 112 valence electrons. The van der Waals surface area contributed by atoms with E-state index in [-0.39, 0.29) is 11.4 Å². The standard InChI is InChI=1S/C15H22BrNO3/c1-2-3-4-5-6-7-8-9-12-10-13(17(19)20)11-14(16)15(12)18/h10-11,18H,2-9H2,1H3. The van der Waals surface area contributed by atoms with Gasteiger partial charge in [0, 0.05) is 17.7 Å². The summed E-state index contributed by atoms with van der Waals surface area (Å²) in [5.41, 5.74) is 0.673. The number of nitro groups is 1. The highest BCUT2D eigenvalue weighted by Crippen LogP contribution is 2.33. The fourth-order valence-electron chi connectivity index (χ4n) is 2.21. The summed E-state index contributed by atoms with van der Waals surface area (Å²) in [7, 11) is 0. The molecule has 0 heterocycles. The van der Waals surface area contributed by atoms with Crippen LogP contribution < -0.4 is 0 Å². The number of phenols is 1. The normalized spacial score (nSPS) is 10.7. The van der Waals surface area contributed by atoms with E-state index >= 15 is 0 Å². The summed E-state index contributed by atoms with van der Waals surface area (Å²) in [4.78, 5) is 10.4. The van der Waals surface area contributed by atoms with E-state index in [0.29, 0.717) is 16.5 Å². The van der Waals surface area contributed by atoms with Crippen molar-refractivity contribution in [2.75, 3.05) is 0 Å². The Kier molecular flexibility index (Phi) is 7.59. The number of unbranched alkanes of at least 4 members (excludes halogenated alkanes) is 6. The Morgan fingerprint density at radius 3 is 2.35 bits per heavy atom. The maximum Gasteiger partial charge on any atom is 0.271 e. The van der Waals surface area contributed by atoms with Crippen LogP contribution >= 0.6 is 15.9 Å². The van der Waals surface area contributed by atoms with Crippen molar-refractivity contribution in [3.8, 4) is 5.75 Å². The molecule has 4 nitrogen and oxygen atoms in total. The number of non-ortho nitro benzene ring substituents is 1. The molecule has 0 aliphatic carbocycles. The van der Waals surface area contributed by atoms with E-state index in [2.05, 4.69) is 22.9 Å². The summed E-state index contributed by atoms with van der Waals surface area (Å²) in [5.74, 6) is 0.126. The predicted molar refractivity (Wildman–Crippen MR) is 84.2 cm³/mol. The van der Waals surface area contributed by atoms with Crippen LogP contribution in [0, 0.1) is 10.1 Å². The lowest BCUT2D eigenvalue weighted by atomic mass is 10.0. The van der Waals surface area contributed by atoms with Gasteiger partial charge in [-0.1, -0.05) is 45.4 Å². The van der Waals surface area contributed by atoms with Crippen molar-refractivity contribution in [2.45, 2.75) is 58.3 Å². The fourth-order valence-corrected chi connectivity index (χ4v) is 2.70. The van der Waals surface area contributed by atoms with Gasteiger partial charge in [0.2, 0.25) is 0 Å². The number of aryl methyl sites for hydroxylation is 1. The lowest BCUT2D eigenvalue weighted by Gasteiger charge is -2.06. The van der Waals surface area contributed by atoms with Crippen LogP contribution in [0.5, 0.6) is 5.75 Å². The molecule has 0 radical (unpaired) electrons. The zero-order chi connectivity index (χ0) is 15.0. The molecular weight excluding hydrogens is 322 g/mol. The monoisotopic (exact) mass is 343 g/mol. The summed E-state index contributed by atoms with van der Waals surface area (Å²) in [6.45, 7) is 2.20. The molecule has 1 N–H and O–H groups in total. The van der Waals surface area contributed by atoms with Crippen molar-refractivity contribution in [1.82, 2.24) is 0 Å². The average Bonchev–Trinajstić information content (AvgIpc) is 2.41. The maximum atomic E-state index is 10.8. The van der Waals surface area contributed by atoms with Crippen LogP contribution in [0.3, 0.4) is 0 Å². The Balaban J connectivity index is 2.45. The number of halogens is 1. The molecule has 5 heteroatoms. The minimum absolute atomic E-state index is 0.0209. The largest absolute Gasteiger partial charge is 0.506 e. The van der Waals surface area contributed by atoms with E-state index in [1.165, 1.54) is 44.2 Å². The molecule has 0 aliphatic rings. The van der Waals surface area contributed by atoms with Gasteiger partial charge in [0.05, 0.1) is 9.40 Å². The molecule has 0 aromatic heterocycles. The summed E-state index contributed by atoms with van der Waals surface area (Å²) >= 11 is 3.16. The van der Waals surface area contributed by atoms with Crippen molar-refractivity contribution in [2.24, 2.45) is 0 Å². The Hall–Kier alpha value is -1.10. The first-order chi connectivity index (χ1) is 9.56. The Morgan fingerprint density at radius 2 is 1.75 bits per heavy atom. The van der Waals surface area contributed by atoms with Crippen LogP contribution in [0.2, 0.25) is 0 Å². The zero-order valence-corrected chi connectivity index (χ0v) is 13.5. The van der Waals surface area contributed by atoms with Gasteiger partial charge in [0.1, 0.15) is 5.75 Å². The number of nitro benzene ring substituents is 1. The predicted octanol–water partition coefficient (Wildman–Crippen LogP) is 5.36. The molecule has 0 fully saturated rings. The van der Waals surface area contributed by atoms with E-state index in [9.17, 15) is 15.2 Å². The van der Waals surface area contributed by atoms with Crippen LogP contribution in [0.15, 0.2) is 16.6 Å². The van der Waals surface area contributed by atoms with Gasteiger partial charge < -0.3 is 5.11 Å². The third kappa shape index (κ3) is 5.49. The Morgan fingerprint density at radius 1 is 1.15 bits per heavy atom. The summed E-state index contributed by atoms with van der Waals surface area (Å²) in [6.07, 6.45) is 8.99. The second kappa shape index (κ2) is 8.95. The smallest absolute Gasteiger partial charge is 0.271 e. The van der Waals surface area contributed by atoms with Gasteiger partial charge in [-0.05, 0) is 28.8 Å². The van der Waals surface area contributed by atoms with Gasteiger partial charge in [-0.25, -0.2) is 0 Å². The number of hydrogen-bond donors (Lipinski definition) is 1. The number of phenolic OH excluding ortho intramolecular Hbond substituents is 1. The quantitative estimate of drug-likeness (QED) is 0.373. The van der Waals surface area contributed by atoms with E-state index in [4.69, 9.17) is 0 Å². The van der Waals surface area contributed by atoms with Crippen molar-refractivity contribution in [3.05, 3.63) is 32.3 Å². The van der Waals surface area contributed by atoms with Crippen LogP contribution in [-0.4, -0.2) is 10.0 Å². The molecule has 0 amide bonds. The molecule has 1 aromatic rings. The minimum atomic E-state index is -0.432. The second-order valence-corrected chi connectivity index (χ2v) is 5.92. The molecule has 0 saturated heterocycles. The molecule has 1 rings (SSSR count). The number of benzene rings is 1. The van der Waals surface area contributed by atoms with E-state index in [0.717, 1.165) is 12.8 Å². The van der Waals surface area contributed by atoms with E-state index in [1.807, 2.05) is 0 Å². The first-order valence-electron chi connectivity index (χ1n) is 7.22. The van der Waals surface area contributed by atoms with Crippen LogP contribution in [0.4, 0.5) is 5.69 Å². The van der Waals surface area contributed by atoms with Crippen LogP contribution in [0.1, 0.15) is 57.4 Å². The SMILES string of the molecule is CCCCCCCCCc1cc([N+](=O)[O-])cc(Br)c1O. The highest BCUT2D eigenvalue weighted by Gasteiger charge is 2.14. The first kappa shape index (κ1) is 17.0. The lowest BCUT2D eigenvalue weighted by Crippen LogP contribution is -1.93. The van der Waals surface area contributed by atoms with Gasteiger partial charge in [0.15, 0.2) is 0 Å². The third-order valence-electron chi connectivity index (χ3n) is 3.39. The highest BCUT2D eigenvalue weighted by molar-refractivity contribution is 9.10. The molecule has 0 saturated carbocycles. The number of rotatable bonds is 9.